The lowest BCUT2D eigenvalue weighted by molar-refractivity contribution is -0.380. The highest BCUT2D eigenvalue weighted by molar-refractivity contribution is 7.16. The molecular formula is C14H10N4O4S. The molecule has 0 aliphatic rings. The van der Waals surface area contributed by atoms with Crippen LogP contribution in [0, 0.1) is 21.4 Å². The normalized spacial score (nSPS) is 10.2. The van der Waals surface area contributed by atoms with E-state index in [1.165, 1.54) is 18.3 Å². The van der Waals surface area contributed by atoms with Gasteiger partial charge < -0.3 is 4.74 Å². The first-order valence-electron chi connectivity index (χ1n) is 6.28. The molecule has 1 amide bonds. The summed E-state index contributed by atoms with van der Waals surface area (Å²) in [5.41, 5.74) is 2.57. The van der Waals surface area contributed by atoms with Gasteiger partial charge in [0.2, 0.25) is 0 Å². The molecule has 0 unspecified atom stereocenters. The Bertz CT molecular complexity index is 794. The Morgan fingerprint density at radius 2 is 2.22 bits per heavy atom. The fourth-order valence-electron chi connectivity index (χ4n) is 1.54. The van der Waals surface area contributed by atoms with Gasteiger partial charge in [0.25, 0.3) is 5.91 Å². The molecule has 1 N–H and O–H groups in total. The maximum atomic E-state index is 11.6. The molecule has 0 saturated carbocycles. The number of ether oxygens (including phenoxy) is 1. The van der Waals surface area contributed by atoms with Crippen molar-refractivity contribution < 1.29 is 14.5 Å². The van der Waals surface area contributed by atoms with Crippen LogP contribution in [0.2, 0.25) is 0 Å². The first-order chi connectivity index (χ1) is 11.1. The number of carbonyl (C=O) groups is 1. The van der Waals surface area contributed by atoms with E-state index in [1.54, 1.807) is 24.3 Å². The Kier molecular flexibility index (Phi) is 5.38. The Balaban J connectivity index is 1.84. The zero-order valence-corrected chi connectivity index (χ0v) is 12.4. The van der Waals surface area contributed by atoms with Crippen molar-refractivity contribution >= 4 is 28.5 Å². The average molecular weight is 330 g/mol. The van der Waals surface area contributed by atoms with Crippen molar-refractivity contribution in [3.8, 4) is 11.8 Å². The number of nitrogens with zero attached hydrogens (tertiary/aromatic N) is 3. The molecular weight excluding hydrogens is 320 g/mol. The van der Waals surface area contributed by atoms with Crippen LogP contribution >= 0.6 is 11.3 Å². The van der Waals surface area contributed by atoms with Gasteiger partial charge in [0, 0.05) is 6.07 Å². The third-order valence-corrected chi connectivity index (χ3v) is 3.51. The molecule has 0 aliphatic heterocycles. The standard InChI is InChI=1S/C14H10N4O4S/c15-7-10-3-1-2-4-12(10)22-9-13(19)17-16-8-11-5-6-14(23-11)18(20)21/h1-6,8H,9H2,(H,17,19)/b16-8+. The van der Waals surface area contributed by atoms with Gasteiger partial charge in [-0.2, -0.15) is 10.4 Å². The van der Waals surface area contributed by atoms with Crippen LogP contribution in [0.3, 0.4) is 0 Å². The van der Waals surface area contributed by atoms with Crippen LogP contribution in [0.15, 0.2) is 41.5 Å². The van der Waals surface area contributed by atoms with Crippen molar-refractivity contribution in [2.75, 3.05) is 6.61 Å². The van der Waals surface area contributed by atoms with Gasteiger partial charge in [-0.05, 0) is 18.2 Å². The average Bonchev–Trinajstić information content (AvgIpc) is 3.02. The number of para-hydroxylation sites is 1. The number of hydrazone groups is 1. The molecule has 2 rings (SSSR count). The van der Waals surface area contributed by atoms with Crippen LogP contribution in [0.5, 0.6) is 5.75 Å². The highest BCUT2D eigenvalue weighted by Crippen LogP contribution is 2.22. The van der Waals surface area contributed by atoms with E-state index in [2.05, 4.69) is 10.5 Å². The quantitative estimate of drug-likeness (QED) is 0.494. The number of nitrogens with one attached hydrogen (secondary N) is 1. The molecule has 116 valence electrons. The van der Waals surface area contributed by atoms with E-state index in [0.717, 1.165) is 11.3 Å². The molecule has 0 saturated heterocycles. The summed E-state index contributed by atoms with van der Waals surface area (Å²) in [5, 5.41) is 23.1. The SMILES string of the molecule is N#Cc1ccccc1OCC(=O)N/N=C/c1ccc([N+](=O)[O-])s1. The van der Waals surface area contributed by atoms with Gasteiger partial charge in [0.1, 0.15) is 11.8 Å². The van der Waals surface area contributed by atoms with Crippen molar-refractivity contribution in [3.63, 3.8) is 0 Å². The third kappa shape index (κ3) is 4.62. The van der Waals surface area contributed by atoms with Crippen LogP contribution in [-0.2, 0) is 4.79 Å². The minimum atomic E-state index is -0.514. The topological polar surface area (TPSA) is 118 Å². The Labute approximate surface area is 134 Å². The van der Waals surface area contributed by atoms with Crippen molar-refractivity contribution in [3.05, 3.63) is 57.0 Å². The van der Waals surface area contributed by atoms with Gasteiger partial charge in [-0.15, -0.1) is 0 Å². The van der Waals surface area contributed by atoms with E-state index in [4.69, 9.17) is 10.00 Å². The lowest BCUT2D eigenvalue weighted by Gasteiger charge is -2.05. The van der Waals surface area contributed by atoms with Crippen molar-refractivity contribution in [1.29, 1.82) is 5.26 Å². The summed E-state index contributed by atoms with van der Waals surface area (Å²) in [4.78, 5) is 22.1. The summed E-state index contributed by atoms with van der Waals surface area (Å²) in [6, 6.07) is 11.4. The predicted molar refractivity (Wildman–Crippen MR) is 83.4 cm³/mol. The first-order valence-corrected chi connectivity index (χ1v) is 7.10. The summed E-state index contributed by atoms with van der Waals surface area (Å²) in [5.74, 6) is -0.206. The van der Waals surface area contributed by atoms with Gasteiger partial charge in [0.15, 0.2) is 6.61 Å². The summed E-state index contributed by atoms with van der Waals surface area (Å²) in [6.45, 7) is -0.305. The Morgan fingerprint density at radius 3 is 2.91 bits per heavy atom. The van der Waals surface area contributed by atoms with Crippen LogP contribution < -0.4 is 10.2 Å². The van der Waals surface area contributed by atoms with Crippen molar-refractivity contribution in [2.24, 2.45) is 5.10 Å². The van der Waals surface area contributed by atoms with Gasteiger partial charge in [-0.3, -0.25) is 14.9 Å². The van der Waals surface area contributed by atoms with Crippen molar-refractivity contribution in [1.82, 2.24) is 5.43 Å². The number of rotatable bonds is 6. The minimum absolute atomic E-state index is 0.00535. The molecule has 0 radical (unpaired) electrons. The Hall–Kier alpha value is -3.25. The van der Waals surface area contributed by atoms with Crippen LogP contribution in [0.25, 0.3) is 0 Å². The van der Waals surface area contributed by atoms with Gasteiger partial charge >= 0.3 is 5.00 Å². The van der Waals surface area contributed by atoms with Gasteiger partial charge in [0.05, 0.1) is 21.6 Å². The van der Waals surface area contributed by atoms with Crippen LogP contribution in [0.1, 0.15) is 10.4 Å². The lowest BCUT2D eigenvalue weighted by atomic mass is 10.2. The predicted octanol–water partition coefficient (Wildman–Crippen LogP) is 2.06. The van der Waals surface area contributed by atoms with Gasteiger partial charge in [-0.1, -0.05) is 23.5 Å². The second kappa shape index (κ2) is 7.67. The number of nitro groups is 1. The number of carbonyl (C=O) groups excluding carboxylic acids is 1. The van der Waals surface area contributed by atoms with Crippen molar-refractivity contribution in [2.45, 2.75) is 0 Å². The Morgan fingerprint density at radius 1 is 1.43 bits per heavy atom. The highest BCUT2D eigenvalue weighted by Gasteiger charge is 2.08. The molecule has 0 aliphatic carbocycles. The number of benzene rings is 1. The number of nitriles is 1. The summed E-state index contributed by atoms with van der Waals surface area (Å²) in [7, 11) is 0. The number of hydrogen-bond donors (Lipinski definition) is 1. The molecule has 0 spiro atoms. The minimum Gasteiger partial charge on any atom is -0.482 e. The molecule has 1 aromatic heterocycles. The molecule has 23 heavy (non-hydrogen) atoms. The second-order valence-electron chi connectivity index (χ2n) is 4.12. The van der Waals surface area contributed by atoms with E-state index in [9.17, 15) is 14.9 Å². The molecule has 8 nitrogen and oxygen atoms in total. The summed E-state index contributed by atoms with van der Waals surface area (Å²) in [6.07, 6.45) is 1.30. The third-order valence-electron chi connectivity index (χ3n) is 2.54. The molecule has 0 atom stereocenters. The largest absolute Gasteiger partial charge is 0.482 e. The summed E-state index contributed by atoms with van der Waals surface area (Å²) >= 11 is 0.941. The fourth-order valence-corrected chi connectivity index (χ4v) is 2.23. The maximum absolute atomic E-state index is 11.6. The maximum Gasteiger partial charge on any atom is 0.324 e. The van der Waals surface area contributed by atoms with Crippen LogP contribution in [-0.4, -0.2) is 23.7 Å². The molecule has 1 aromatic carbocycles. The van der Waals surface area contributed by atoms with E-state index in [0.29, 0.717) is 16.2 Å². The first kappa shape index (κ1) is 16.1. The van der Waals surface area contributed by atoms with Crippen LogP contribution in [0.4, 0.5) is 5.00 Å². The van der Waals surface area contributed by atoms with E-state index in [-0.39, 0.29) is 11.6 Å². The highest BCUT2D eigenvalue weighted by atomic mass is 32.1. The molecule has 9 heteroatoms. The monoisotopic (exact) mass is 330 g/mol. The second-order valence-corrected chi connectivity index (χ2v) is 5.22. The van der Waals surface area contributed by atoms with Gasteiger partial charge in [-0.25, -0.2) is 5.43 Å². The van der Waals surface area contributed by atoms with E-state index >= 15 is 0 Å². The molecule has 0 bridgehead atoms. The molecule has 0 fully saturated rings. The smallest absolute Gasteiger partial charge is 0.324 e. The zero-order valence-electron chi connectivity index (χ0n) is 11.6. The summed E-state index contributed by atoms with van der Waals surface area (Å²) < 4.78 is 5.23. The van der Waals surface area contributed by atoms with E-state index in [1.807, 2.05) is 6.07 Å². The number of thiophene rings is 1. The molecule has 2 aromatic rings. The fraction of sp³-hybridized carbons (Fsp3) is 0.0714. The zero-order chi connectivity index (χ0) is 16.7. The molecule has 1 heterocycles. The number of hydrogen-bond acceptors (Lipinski definition) is 7. The lowest BCUT2D eigenvalue weighted by Crippen LogP contribution is -2.24. The van der Waals surface area contributed by atoms with E-state index < -0.39 is 10.8 Å². The number of amides is 1.